The number of nitrogens with zero attached hydrogens (tertiary/aromatic N) is 1. The third-order valence-electron chi connectivity index (χ3n) is 2.95. The fourth-order valence-electron chi connectivity index (χ4n) is 1.77. The van der Waals surface area contributed by atoms with E-state index in [1.54, 1.807) is 0 Å². The number of nitrogens with one attached hydrogen (secondary N) is 1. The largest absolute Gasteiger partial charge is 0.454 e. The summed E-state index contributed by atoms with van der Waals surface area (Å²) in [5.74, 6) is -2.20. The van der Waals surface area contributed by atoms with Crippen LogP contribution in [-0.2, 0) is 11.3 Å². The maximum absolute atomic E-state index is 12.2. The van der Waals surface area contributed by atoms with Crippen LogP contribution < -0.4 is 5.32 Å². The van der Waals surface area contributed by atoms with E-state index in [1.165, 1.54) is 10.8 Å². The molecule has 1 rings (SSSR count). The van der Waals surface area contributed by atoms with E-state index in [9.17, 15) is 22.8 Å². The van der Waals surface area contributed by atoms with Gasteiger partial charge in [0.25, 0.3) is 5.78 Å². The van der Waals surface area contributed by atoms with Crippen LogP contribution in [0.2, 0.25) is 0 Å². The van der Waals surface area contributed by atoms with Crippen LogP contribution in [0.4, 0.5) is 13.2 Å². The van der Waals surface area contributed by atoms with Crippen molar-refractivity contribution in [2.24, 2.45) is 0 Å². The summed E-state index contributed by atoms with van der Waals surface area (Å²) in [4.78, 5) is 22.7. The second-order valence-corrected chi connectivity index (χ2v) is 4.48. The zero-order valence-corrected chi connectivity index (χ0v) is 11.3. The summed E-state index contributed by atoms with van der Waals surface area (Å²) in [5, 5.41) is 2.77. The molecule has 4 nitrogen and oxygen atoms in total. The molecule has 7 heteroatoms. The number of carbonyl (C=O) groups is 2. The topological polar surface area (TPSA) is 51.1 Å². The van der Waals surface area contributed by atoms with E-state index in [0.29, 0.717) is 0 Å². The summed E-state index contributed by atoms with van der Waals surface area (Å²) < 4.78 is 38.0. The standard InChI is InChI=1S/C13H17F3N2O2/c1-3-10(4-2)17-11(19)8-18-6-5-9(7-18)12(20)13(14,15)16/h5-7,10H,3-4,8H2,1-2H3,(H,17,19). The van der Waals surface area contributed by atoms with Crippen LogP contribution in [-0.4, -0.2) is 28.5 Å². The lowest BCUT2D eigenvalue weighted by molar-refractivity contribution is -0.122. The van der Waals surface area contributed by atoms with Gasteiger partial charge in [-0.2, -0.15) is 13.2 Å². The molecule has 1 heterocycles. The fraction of sp³-hybridized carbons (Fsp3) is 0.538. The quantitative estimate of drug-likeness (QED) is 0.819. The van der Waals surface area contributed by atoms with Gasteiger partial charge in [0.2, 0.25) is 5.91 Å². The van der Waals surface area contributed by atoms with Gasteiger partial charge in [-0.05, 0) is 18.9 Å². The number of hydrogen-bond acceptors (Lipinski definition) is 2. The Morgan fingerprint density at radius 2 is 1.90 bits per heavy atom. The number of carbonyl (C=O) groups excluding carboxylic acids is 2. The molecule has 0 bridgehead atoms. The Labute approximate surface area is 115 Å². The van der Waals surface area contributed by atoms with Gasteiger partial charge in [-0.3, -0.25) is 9.59 Å². The van der Waals surface area contributed by atoms with Gasteiger partial charge in [0.1, 0.15) is 6.54 Å². The average molecular weight is 290 g/mol. The molecule has 112 valence electrons. The third kappa shape index (κ3) is 4.40. The van der Waals surface area contributed by atoms with Crippen LogP contribution in [0.3, 0.4) is 0 Å². The van der Waals surface area contributed by atoms with Crippen molar-refractivity contribution >= 4 is 11.7 Å². The van der Waals surface area contributed by atoms with Crippen LogP contribution >= 0.6 is 0 Å². The summed E-state index contributed by atoms with van der Waals surface area (Å²) in [5.41, 5.74) is -0.465. The van der Waals surface area contributed by atoms with E-state index < -0.39 is 17.5 Å². The summed E-state index contributed by atoms with van der Waals surface area (Å²) in [6, 6.07) is 1.11. The van der Waals surface area contributed by atoms with Crippen LogP contribution in [0.1, 0.15) is 37.0 Å². The minimum absolute atomic E-state index is 0.0503. The highest BCUT2D eigenvalue weighted by molar-refractivity contribution is 6.00. The van der Waals surface area contributed by atoms with E-state index in [1.807, 2.05) is 13.8 Å². The first kappa shape index (κ1) is 16.3. The second-order valence-electron chi connectivity index (χ2n) is 4.48. The molecule has 20 heavy (non-hydrogen) atoms. The highest BCUT2D eigenvalue weighted by atomic mass is 19.4. The molecule has 0 saturated heterocycles. The Kier molecular flexibility index (Phi) is 5.35. The Morgan fingerprint density at radius 1 is 1.30 bits per heavy atom. The van der Waals surface area contributed by atoms with Crippen molar-refractivity contribution < 1.29 is 22.8 Å². The molecule has 0 spiro atoms. The lowest BCUT2D eigenvalue weighted by Gasteiger charge is -2.14. The molecular weight excluding hydrogens is 273 g/mol. The maximum Gasteiger partial charge on any atom is 0.454 e. The normalized spacial score (nSPS) is 11.7. The molecule has 0 aliphatic carbocycles. The number of aromatic nitrogens is 1. The average Bonchev–Trinajstić information content (AvgIpc) is 2.82. The number of amides is 1. The number of ketones is 1. The predicted octanol–water partition coefficient (Wildman–Crippen LogP) is 2.54. The molecule has 1 aromatic rings. The molecule has 1 aromatic heterocycles. The second kappa shape index (κ2) is 6.58. The van der Waals surface area contributed by atoms with E-state index >= 15 is 0 Å². The molecule has 1 N–H and O–H groups in total. The zero-order valence-electron chi connectivity index (χ0n) is 11.3. The van der Waals surface area contributed by atoms with Gasteiger partial charge in [0.05, 0.1) is 0 Å². The summed E-state index contributed by atoms with van der Waals surface area (Å²) in [6.45, 7) is 3.76. The van der Waals surface area contributed by atoms with Gasteiger partial charge >= 0.3 is 6.18 Å². The van der Waals surface area contributed by atoms with Crippen molar-refractivity contribution in [1.82, 2.24) is 9.88 Å². The van der Waals surface area contributed by atoms with Crippen LogP contribution in [0.15, 0.2) is 18.5 Å². The lowest BCUT2D eigenvalue weighted by atomic mass is 10.2. The minimum Gasteiger partial charge on any atom is -0.352 e. The first-order chi connectivity index (χ1) is 9.27. The summed E-state index contributed by atoms with van der Waals surface area (Å²) >= 11 is 0. The molecule has 0 unspecified atom stereocenters. The van der Waals surface area contributed by atoms with Gasteiger partial charge in [-0.25, -0.2) is 0 Å². The maximum atomic E-state index is 12.2. The monoisotopic (exact) mass is 290 g/mol. The molecule has 0 atom stereocenters. The van der Waals surface area contributed by atoms with Crippen molar-refractivity contribution in [2.45, 2.75) is 45.5 Å². The number of hydrogen-bond donors (Lipinski definition) is 1. The van der Waals surface area contributed by atoms with Crippen molar-refractivity contribution in [3.63, 3.8) is 0 Å². The van der Waals surface area contributed by atoms with Gasteiger partial charge < -0.3 is 9.88 Å². The Balaban J connectivity index is 2.65. The minimum atomic E-state index is -4.90. The summed E-state index contributed by atoms with van der Waals surface area (Å²) in [6.07, 6.45) is -1.02. The Bertz CT molecular complexity index is 476. The van der Waals surface area contributed by atoms with E-state index in [4.69, 9.17) is 0 Å². The van der Waals surface area contributed by atoms with E-state index in [2.05, 4.69) is 5.32 Å². The van der Waals surface area contributed by atoms with Crippen LogP contribution in [0, 0.1) is 0 Å². The molecule has 1 amide bonds. The molecule has 0 aliphatic heterocycles. The fourth-order valence-corrected chi connectivity index (χ4v) is 1.77. The Morgan fingerprint density at radius 3 is 2.40 bits per heavy atom. The predicted molar refractivity (Wildman–Crippen MR) is 67.3 cm³/mol. The lowest BCUT2D eigenvalue weighted by Crippen LogP contribution is -2.36. The highest BCUT2D eigenvalue weighted by Gasteiger charge is 2.39. The number of alkyl halides is 3. The first-order valence-corrected chi connectivity index (χ1v) is 6.34. The SMILES string of the molecule is CCC(CC)NC(=O)Cn1ccc(C(=O)C(F)(F)F)c1. The molecule has 0 aromatic carbocycles. The van der Waals surface area contributed by atoms with Gasteiger partial charge in [0.15, 0.2) is 0 Å². The zero-order chi connectivity index (χ0) is 15.3. The molecule has 0 saturated carbocycles. The first-order valence-electron chi connectivity index (χ1n) is 6.34. The van der Waals surface area contributed by atoms with Crippen molar-refractivity contribution in [3.8, 4) is 0 Å². The van der Waals surface area contributed by atoms with E-state index in [-0.39, 0.29) is 18.5 Å². The van der Waals surface area contributed by atoms with Crippen LogP contribution in [0.5, 0.6) is 0 Å². The van der Waals surface area contributed by atoms with Gasteiger partial charge in [-0.1, -0.05) is 13.8 Å². The Hall–Kier alpha value is -1.79. The molecule has 0 radical (unpaired) electrons. The highest BCUT2D eigenvalue weighted by Crippen LogP contribution is 2.21. The number of rotatable bonds is 6. The summed E-state index contributed by atoms with van der Waals surface area (Å²) in [7, 11) is 0. The van der Waals surface area contributed by atoms with Crippen LogP contribution in [0.25, 0.3) is 0 Å². The number of Topliss-reactive ketones (excluding diaryl/α,β-unsaturated/α-hetero) is 1. The van der Waals surface area contributed by atoms with Crippen molar-refractivity contribution in [3.05, 3.63) is 24.0 Å². The number of halogens is 3. The van der Waals surface area contributed by atoms with Crippen molar-refractivity contribution in [1.29, 1.82) is 0 Å². The van der Waals surface area contributed by atoms with Gasteiger partial charge in [-0.15, -0.1) is 0 Å². The smallest absolute Gasteiger partial charge is 0.352 e. The molecule has 0 aliphatic rings. The molecular formula is C13H17F3N2O2. The third-order valence-corrected chi connectivity index (χ3v) is 2.95. The van der Waals surface area contributed by atoms with Crippen molar-refractivity contribution in [2.75, 3.05) is 0 Å². The van der Waals surface area contributed by atoms with Gasteiger partial charge in [0, 0.05) is 24.0 Å². The van der Waals surface area contributed by atoms with E-state index in [0.717, 1.165) is 25.1 Å². The molecule has 0 fully saturated rings.